The summed E-state index contributed by atoms with van der Waals surface area (Å²) < 4.78 is 16.2. The van der Waals surface area contributed by atoms with Crippen molar-refractivity contribution in [2.75, 3.05) is 52.7 Å². The van der Waals surface area contributed by atoms with Gasteiger partial charge in [0.1, 0.15) is 6.61 Å². The van der Waals surface area contributed by atoms with E-state index in [0.29, 0.717) is 32.8 Å². The first-order chi connectivity index (χ1) is 25.9. The van der Waals surface area contributed by atoms with Gasteiger partial charge in [0.15, 0.2) is 11.6 Å². The van der Waals surface area contributed by atoms with E-state index in [9.17, 15) is 24.3 Å². The molecular weight excluding hydrogens is 709 g/mol. The van der Waals surface area contributed by atoms with Gasteiger partial charge in [-0.2, -0.15) is 0 Å². The van der Waals surface area contributed by atoms with Crippen LogP contribution in [-0.4, -0.2) is 109 Å². The molecule has 2 amide bonds. The second kappa shape index (κ2) is 21.3. The van der Waals surface area contributed by atoms with Crippen molar-refractivity contribution in [3.63, 3.8) is 0 Å². The normalized spacial score (nSPS) is 17.0. The molecule has 1 aliphatic rings. The first-order valence-electron chi connectivity index (χ1n) is 18.7. The molecule has 4 unspecified atom stereocenters. The number of aliphatic hydroxyl groups is 1. The minimum absolute atomic E-state index is 0.0187. The van der Waals surface area contributed by atoms with Crippen LogP contribution in [0.5, 0.6) is 0 Å². The summed E-state index contributed by atoms with van der Waals surface area (Å²) in [6.07, 6.45) is 0.0941. The Morgan fingerprint density at radius 1 is 0.963 bits per heavy atom. The molecule has 0 saturated carbocycles. The number of benzene rings is 2. The van der Waals surface area contributed by atoms with Crippen LogP contribution in [0.4, 0.5) is 0 Å². The molecule has 4 rings (SSSR count). The van der Waals surface area contributed by atoms with E-state index < -0.39 is 35.4 Å². The fraction of sp³-hybridized carbons (Fsp3) is 0.537. The highest BCUT2D eigenvalue weighted by Gasteiger charge is 2.44. The zero-order valence-corrected chi connectivity index (χ0v) is 32.8. The molecule has 54 heavy (non-hydrogen) atoms. The summed E-state index contributed by atoms with van der Waals surface area (Å²) in [5.41, 5.74) is 10.5. The number of aromatic nitrogens is 1. The number of ketones is 2. The quantitative estimate of drug-likeness (QED) is 0.127. The number of β-amino-alcohol motifs (C(OH)–C–C–N with tert-alkyl or cyclic N) is 1. The number of aryl methyl sites for hydroxylation is 2. The second-order valence-corrected chi connectivity index (χ2v) is 15.6. The first kappa shape index (κ1) is 42.9. The van der Waals surface area contributed by atoms with Crippen LogP contribution < -0.4 is 11.1 Å². The molecule has 13 heteroatoms. The lowest BCUT2D eigenvalue weighted by molar-refractivity contribution is -0.146. The van der Waals surface area contributed by atoms with Gasteiger partial charge in [0.2, 0.25) is 11.8 Å². The van der Waals surface area contributed by atoms with E-state index in [0.717, 1.165) is 27.3 Å². The minimum Gasteiger partial charge on any atom is -0.391 e. The third-order valence-electron chi connectivity index (χ3n) is 9.55. The van der Waals surface area contributed by atoms with E-state index in [4.69, 9.17) is 19.9 Å². The highest BCUT2D eigenvalue weighted by molar-refractivity contribution is 7.13. The molecule has 0 radical (unpaired) electrons. The van der Waals surface area contributed by atoms with E-state index in [1.54, 1.807) is 11.3 Å². The van der Waals surface area contributed by atoms with Crippen LogP contribution in [0, 0.1) is 18.3 Å². The number of amides is 2. The summed E-state index contributed by atoms with van der Waals surface area (Å²) in [4.78, 5) is 61.9. The summed E-state index contributed by atoms with van der Waals surface area (Å²) in [6, 6.07) is 15.7. The van der Waals surface area contributed by atoms with Gasteiger partial charge in [0.05, 0.1) is 67.3 Å². The maximum atomic E-state index is 14.3. The van der Waals surface area contributed by atoms with Gasteiger partial charge < -0.3 is 35.3 Å². The fourth-order valence-corrected chi connectivity index (χ4v) is 7.34. The van der Waals surface area contributed by atoms with Gasteiger partial charge in [0.25, 0.3) is 0 Å². The summed E-state index contributed by atoms with van der Waals surface area (Å²) in [6.45, 7) is 9.53. The molecule has 1 aliphatic heterocycles. The van der Waals surface area contributed by atoms with E-state index in [1.807, 2.05) is 87.8 Å². The molecule has 3 aromatic rings. The predicted molar refractivity (Wildman–Crippen MR) is 208 cm³/mol. The number of nitrogens with zero attached hydrogens (tertiary/aromatic N) is 2. The summed E-state index contributed by atoms with van der Waals surface area (Å²) in [5.74, 6) is -2.04. The molecule has 1 saturated heterocycles. The van der Waals surface area contributed by atoms with Crippen LogP contribution in [0.1, 0.15) is 56.9 Å². The lowest BCUT2D eigenvalue weighted by atomic mass is 9.75. The van der Waals surface area contributed by atoms with Crippen LogP contribution in [-0.2, 0) is 46.2 Å². The Balaban J connectivity index is 1.38. The molecule has 2 aromatic carbocycles. The number of rotatable bonds is 22. The van der Waals surface area contributed by atoms with Gasteiger partial charge in [-0.1, -0.05) is 75.4 Å². The Labute approximate surface area is 322 Å². The number of hydrogen-bond donors (Lipinski definition) is 3. The number of thiazole rings is 1. The Morgan fingerprint density at radius 2 is 1.63 bits per heavy atom. The van der Waals surface area contributed by atoms with Crippen LogP contribution in [0.15, 0.2) is 60.1 Å². The number of Topliss-reactive ketones (excluding diaryl/α,β-unsaturated/α-hetero) is 2. The van der Waals surface area contributed by atoms with Gasteiger partial charge >= 0.3 is 0 Å². The maximum absolute atomic E-state index is 14.3. The number of carbonyl (C=O) groups excluding carboxylic acids is 4. The predicted octanol–water partition coefficient (Wildman–Crippen LogP) is 3.94. The molecule has 0 aliphatic carbocycles. The first-order valence-corrected chi connectivity index (χ1v) is 19.5. The molecular formula is C41H56N4O8S. The van der Waals surface area contributed by atoms with Gasteiger partial charge in [0, 0.05) is 38.3 Å². The number of likely N-dealkylation sites (tertiary alicyclic amines) is 1. The van der Waals surface area contributed by atoms with E-state index in [2.05, 4.69) is 10.3 Å². The summed E-state index contributed by atoms with van der Waals surface area (Å²) >= 11 is 1.58. The molecule has 4 atom stereocenters. The zero-order chi connectivity index (χ0) is 39.1. The molecule has 1 fully saturated rings. The Bertz CT molecular complexity index is 1640. The maximum Gasteiger partial charge on any atom is 0.246 e. The highest BCUT2D eigenvalue weighted by Crippen LogP contribution is 2.34. The minimum atomic E-state index is -0.912. The average molecular weight is 765 g/mol. The average Bonchev–Trinajstić information content (AvgIpc) is 3.76. The summed E-state index contributed by atoms with van der Waals surface area (Å²) in [7, 11) is 0. The van der Waals surface area contributed by atoms with Crippen molar-refractivity contribution >= 4 is 34.7 Å². The fourth-order valence-electron chi connectivity index (χ4n) is 6.53. The molecule has 1 aromatic heterocycles. The second-order valence-electron chi connectivity index (χ2n) is 14.8. The van der Waals surface area contributed by atoms with Crippen molar-refractivity contribution in [3.05, 3.63) is 76.9 Å². The van der Waals surface area contributed by atoms with Crippen molar-refractivity contribution in [1.29, 1.82) is 0 Å². The van der Waals surface area contributed by atoms with Crippen LogP contribution in [0.2, 0.25) is 0 Å². The molecule has 294 valence electrons. The van der Waals surface area contributed by atoms with Crippen molar-refractivity contribution in [2.24, 2.45) is 17.1 Å². The lowest BCUT2D eigenvalue weighted by Gasteiger charge is -2.35. The molecule has 0 spiro atoms. The Hall–Kier alpha value is -3.85. The third-order valence-corrected chi connectivity index (χ3v) is 10.5. The van der Waals surface area contributed by atoms with Crippen LogP contribution in [0.25, 0.3) is 10.4 Å². The zero-order valence-electron chi connectivity index (χ0n) is 32.0. The van der Waals surface area contributed by atoms with Crippen molar-refractivity contribution in [2.45, 2.75) is 78.0 Å². The lowest BCUT2D eigenvalue weighted by Crippen LogP contribution is -2.50. The number of ether oxygens (including phenoxy) is 3. The SMILES string of the molecule is Cc1ncsc1-c1ccc(CCC(=O)C2CC(O)CN2C(=O)C(CC(=O)C(Cc2ccccc2)NC(=O)COCCOCCOCCN)C(C)(C)C)cc1. The van der Waals surface area contributed by atoms with E-state index >= 15 is 0 Å². The third kappa shape index (κ3) is 13.2. The standard InChI is InChI=1S/C41H56N4O8S/c1-28-39(54-27-43-28)31-13-10-29(11-14-31)12-15-36(47)35-23-32(46)25-45(35)40(50)33(41(2,3)4)24-37(48)34(22-30-8-6-5-7-9-30)44-38(49)26-53-21-20-52-19-18-51-17-16-42/h5-11,13-14,27,32-35,46H,12,15-26,42H2,1-4H3,(H,44,49). The number of nitrogens with one attached hydrogen (secondary N) is 1. The number of carbonyl (C=O) groups is 4. The van der Waals surface area contributed by atoms with Crippen molar-refractivity contribution in [1.82, 2.24) is 15.2 Å². The van der Waals surface area contributed by atoms with Gasteiger partial charge in [-0.3, -0.25) is 19.2 Å². The number of hydrogen-bond acceptors (Lipinski definition) is 11. The number of aliphatic hydroxyl groups excluding tert-OH is 1. The molecule has 4 N–H and O–H groups in total. The Kier molecular flexibility index (Phi) is 16.9. The van der Waals surface area contributed by atoms with E-state index in [-0.39, 0.29) is 69.5 Å². The van der Waals surface area contributed by atoms with Gasteiger partial charge in [-0.25, -0.2) is 4.98 Å². The monoisotopic (exact) mass is 764 g/mol. The van der Waals surface area contributed by atoms with E-state index in [1.165, 1.54) is 4.90 Å². The van der Waals surface area contributed by atoms with Crippen molar-refractivity contribution < 1.29 is 38.5 Å². The topological polar surface area (TPSA) is 170 Å². The van der Waals surface area contributed by atoms with Crippen LogP contribution >= 0.6 is 11.3 Å². The summed E-state index contributed by atoms with van der Waals surface area (Å²) in [5, 5.41) is 13.5. The van der Waals surface area contributed by atoms with Gasteiger partial charge in [-0.15, -0.1) is 11.3 Å². The van der Waals surface area contributed by atoms with Gasteiger partial charge in [-0.05, 0) is 41.9 Å². The van der Waals surface area contributed by atoms with Crippen LogP contribution in [0.3, 0.4) is 0 Å². The molecule has 0 bridgehead atoms. The molecule has 2 heterocycles. The smallest absolute Gasteiger partial charge is 0.246 e. The van der Waals surface area contributed by atoms with Crippen molar-refractivity contribution in [3.8, 4) is 10.4 Å². The largest absolute Gasteiger partial charge is 0.391 e. The molecule has 12 nitrogen and oxygen atoms in total. The number of nitrogens with two attached hydrogens (primary N) is 1. The highest BCUT2D eigenvalue weighted by atomic mass is 32.1. The Morgan fingerprint density at radius 3 is 2.26 bits per heavy atom.